The maximum absolute atomic E-state index is 6.21. The first-order valence-corrected chi connectivity index (χ1v) is 7.79. The van der Waals surface area contributed by atoms with Crippen LogP contribution in [0.4, 0.5) is 0 Å². The van der Waals surface area contributed by atoms with E-state index in [0.29, 0.717) is 0 Å². The maximum atomic E-state index is 6.21. The zero-order valence-corrected chi connectivity index (χ0v) is 12.7. The molecule has 0 saturated carbocycles. The fraction of sp³-hybridized carbons (Fsp3) is 0.214. The number of rotatable bonds is 4. The molecule has 1 aromatic carbocycles. The fourth-order valence-corrected chi connectivity index (χ4v) is 3.12. The Kier molecular flexibility index (Phi) is 3.68. The molecule has 0 fully saturated rings. The van der Waals surface area contributed by atoms with Gasteiger partial charge < -0.3 is 5.73 Å². The topological polar surface area (TPSA) is 43.3 Å². The van der Waals surface area contributed by atoms with E-state index in [9.17, 15) is 0 Å². The molecule has 0 radical (unpaired) electrons. The van der Waals surface area contributed by atoms with E-state index in [1.54, 1.807) is 11.3 Å². The van der Waals surface area contributed by atoms with E-state index < -0.39 is 0 Å². The second kappa shape index (κ2) is 5.45. The van der Waals surface area contributed by atoms with Crippen LogP contribution in [0.1, 0.15) is 11.3 Å². The van der Waals surface area contributed by atoms with Crippen molar-refractivity contribution in [2.24, 2.45) is 5.73 Å². The number of imidazole rings is 1. The molecule has 2 heterocycles. The van der Waals surface area contributed by atoms with Crippen LogP contribution in [0.25, 0.3) is 4.96 Å². The molecule has 3 aromatic rings. The Bertz CT molecular complexity index is 643. The van der Waals surface area contributed by atoms with Crippen molar-refractivity contribution in [3.05, 3.63) is 57.8 Å². The van der Waals surface area contributed by atoms with Crippen LogP contribution < -0.4 is 5.73 Å². The van der Waals surface area contributed by atoms with Gasteiger partial charge in [-0.15, -0.1) is 11.3 Å². The highest BCUT2D eigenvalue weighted by molar-refractivity contribution is 9.10. The predicted octanol–water partition coefficient (Wildman–Crippen LogP) is 3.27. The summed E-state index contributed by atoms with van der Waals surface area (Å²) in [4.78, 5) is 5.60. The molecule has 5 heteroatoms. The van der Waals surface area contributed by atoms with Crippen molar-refractivity contribution >= 4 is 32.2 Å². The van der Waals surface area contributed by atoms with Gasteiger partial charge in [-0.05, 0) is 24.1 Å². The summed E-state index contributed by atoms with van der Waals surface area (Å²) in [6.07, 6.45) is 5.77. The highest BCUT2D eigenvalue weighted by Crippen LogP contribution is 2.15. The van der Waals surface area contributed by atoms with Crippen LogP contribution >= 0.6 is 27.3 Å². The first-order valence-electron chi connectivity index (χ1n) is 6.12. The van der Waals surface area contributed by atoms with Crippen LogP contribution in [0.15, 0.2) is 46.5 Å². The van der Waals surface area contributed by atoms with Crippen LogP contribution in [0, 0.1) is 0 Å². The minimum absolute atomic E-state index is 0.103. The van der Waals surface area contributed by atoms with E-state index in [4.69, 9.17) is 5.73 Å². The summed E-state index contributed by atoms with van der Waals surface area (Å²) < 4.78 is 3.14. The van der Waals surface area contributed by atoms with Crippen molar-refractivity contribution in [2.45, 2.75) is 18.9 Å². The number of halogens is 1. The van der Waals surface area contributed by atoms with Crippen LogP contribution in [0.3, 0.4) is 0 Å². The number of benzene rings is 1. The highest BCUT2D eigenvalue weighted by atomic mass is 79.9. The monoisotopic (exact) mass is 335 g/mol. The van der Waals surface area contributed by atoms with Gasteiger partial charge in [0.1, 0.15) is 0 Å². The van der Waals surface area contributed by atoms with Gasteiger partial charge in [0.2, 0.25) is 0 Å². The molecule has 0 spiro atoms. The average molecular weight is 336 g/mol. The molecule has 98 valence electrons. The van der Waals surface area contributed by atoms with Gasteiger partial charge in [0, 0.05) is 34.7 Å². The number of thiazole rings is 1. The normalized spacial score (nSPS) is 12.9. The molecule has 3 nitrogen and oxygen atoms in total. The Labute approximate surface area is 124 Å². The number of hydrogen-bond acceptors (Lipinski definition) is 3. The van der Waals surface area contributed by atoms with Gasteiger partial charge in [-0.25, -0.2) is 4.98 Å². The van der Waals surface area contributed by atoms with E-state index in [1.807, 2.05) is 16.0 Å². The van der Waals surface area contributed by atoms with Crippen LogP contribution in [-0.4, -0.2) is 15.4 Å². The average Bonchev–Trinajstić information content (AvgIpc) is 2.92. The van der Waals surface area contributed by atoms with Crippen molar-refractivity contribution in [3.8, 4) is 0 Å². The maximum Gasteiger partial charge on any atom is 0.193 e. The third kappa shape index (κ3) is 3.05. The van der Waals surface area contributed by atoms with Crippen molar-refractivity contribution in [2.75, 3.05) is 0 Å². The Balaban J connectivity index is 1.66. The molecule has 0 aliphatic rings. The molecular weight excluding hydrogens is 322 g/mol. The largest absolute Gasteiger partial charge is 0.327 e. The summed E-state index contributed by atoms with van der Waals surface area (Å²) in [5, 5.41) is 2.04. The Morgan fingerprint density at radius 1 is 1.26 bits per heavy atom. The quantitative estimate of drug-likeness (QED) is 0.795. The number of nitrogens with two attached hydrogens (primary N) is 1. The molecule has 1 unspecified atom stereocenters. The molecular formula is C14H14BrN3S. The van der Waals surface area contributed by atoms with Gasteiger partial charge in [-0.2, -0.15) is 0 Å². The molecule has 0 aliphatic carbocycles. The second-order valence-electron chi connectivity index (χ2n) is 4.62. The van der Waals surface area contributed by atoms with Crippen LogP contribution in [-0.2, 0) is 12.8 Å². The standard InChI is InChI=1S/C14H14BrN3S/c15-11-3-1-10(2-4-11)7-12(16)8-13-9-18-5-6-19-14(18)17-13/h1-6,9,12H,7-8,16H2. The number of hydrogen-bond donors (Lipinski definition) is 1. The van der Waals surface area contributed by atoms with Crippen molar-refractivity contribution in [1.29, 1.82) is 0 Å². The van der Waals surface area contributed by atoms with E-state index in [1.165, 1.54) is 5.56 Å². The Hall–Kier alpha value is -1.17. The van der Waals surface area contributed by atoms with Crippen molar-refractivity contribution in [1.82, 2.24) is 9.38 Å². The first-order chi connectivity index (χ1) is 9.20. The Morgan fingerprint density at radius 2 is 2.05 bits per heavy atom. The summed E-state index contributed by atoms with van der Waals surface area (Å²) in [7, 11) is 0. The smallest absolute Gasteiger partial charge is 0.193 e. The molecule has 2 aromatic heterocycles. The number of fused-ring (bicyclic) bond motifs is 1. The van der Waals surface area contributed by atoms with Gasteiger partial charge in [0.25, 0.3) is 0 Å². The molecule has 2 N–H and O–H groups in total. The van der Waals surface area contributed by atoms with Gasteiger partial charge in [-0.3, -0.25) is 4.40 Å². The third-order valence-electron chi connectivity index (χ3n) is 3.03. The summed E-state index contributed by atoms with van der Waals surface area (Å²) in [5.41, 5.74) is 8.54. The number of aromatic nitrogens is 2. The lowest BCUT2D eigenvalue weighted by atomic mass is 10.0. The van der Waals surface area contributed by atoms with Gasteiger partial charge in [0.05, 0.1) is 5.69 Å². The zero-order chi connectivity index (χ0) is 13.2. The van der Waals surface area contributed by atoms with Crippen LogP contribution in [0.2, 0.25) is 0 Å². The van der Waals surface area contributed by atoms with Crippen molar-refractivity contribution in [3.63, 3.8) is 0 Å². The molecule has 1 atom stereocenters. The summed E-state index contributed by atoms with van der Waals surface area (Å²) in [6, 6.07) is 8.42. The minimum atomic E-state index is 0.103. The minimum Gasteiger partial charge on any atom is -0.327 e. The second-order valence-corrected chi connectivity index (χ2v) is 6.41. The summed E-state index contributed by atoms with van der Waals surface area (Å²) in [6.45, 7) is 0. The highest BCUT2D eigenvalue weighted by Gasteiger charge is 2.09. The zero-order valence-electron chi connectivity index (χ0n) is 10.3. The lowest BCUT2D eigenvalue weighted by Crippen LogP contribution is -2.25. The van der Waals surface area contributed by atoms with E-state index in [2.05, 4.69) is 51.4 Å². The first kappa shape index (κ1) is 12.8. The van der Waals surface area contributed by atoms with E-state index in [0.717, 1.165) is 28.0 Å². The fourth-order valence-electron chi connectivity index (χ4n) is 2.14. The number of nitrogens with zero attached hydrogens (tertiary/aromatic N) is 2. The van der Waals surface area contributed by atoms with Crippen molar-refractivity contribution < 1.29 is 0 Å². The summed E-state index contributed by atoms with van der Waals surface area (Å²) in [5.74, 6) is 0. The van der Waals surface area contributed by atoms with Crippen LogP contribution in [0.5, 0.6) is 0 Å². The SMILES string of the molecule is NC(Cc1ccc(Br)cc1)Cc1cn2ccsc2n1. The molecule has 19 heavy (non-hydrogen) atoms. The van der Waals surface area contributed by atoms with Gasteiger partial charge >= 0.3 is 0 Å². The third-order valence-corrected chi connectivity index (χ3v) is 4.33. The van der Waals surface area contributed by atoms with E-state index >= 15 is 0 Å². The molecule has 0 amide bonds. The summed E-state index contributed by atoms with van der Waals surface area (Å²) >= 11 is 5.08. The lowest BCUT2D eigenvalue weighted by Gasteiger charge is -2.10. The molecule has 0 aliphatic heterocycles. The van der Waals surface area contributed by atoms with Gasteiger partial charge in [0.15, 0.2) is 4.96 Å². The molecule has 0 saturated heterocycles. The predicted molar refractivity (Wildman–Crippen MR) is 82.6 cm³/mol. The van der Waals surface area contributed by atoms with E-state index in [-0.39, 0.29) is 6.04 Å². The Morgan fingerprint density at radius 3 is 2.79 bits per heavy atom. The molecule has 3 rings (SSSR count). The molecule has 0 bridgehead atoms. The van der Waals surface area contributed by atoms with Gasteiger partial charge in [-0.1, -0.05) is 28.1 Å². The lowest BCUT2D eigenvalue weighted by molar-refractivity contribution is 0.656.